The van der Waals surface area contributed by atoms with E-state index < -0.39 is 10.0 Å². The van der Waals surface area contributed by atoms with Crippen LogP contribution in [0.1, 0.15) is 12.8 Å². The third-order valence-electron chi connectivity index (χ3n) is 6.00. The molecule has 11 heteroatoms. The van der Waals surface area contributed by atoms with Crippen molar-refractivity contribution in [1.29, 1.82) is 0 Å². The lowest BCUT2D eigenvalue weighted by Gasteiger charge is -2.38. The first-order valence-electron chi connectivity index (χ1n) is 10.1. The maximum atomic E-state index is 12.7. The molecule has 30 heavy (non-hydrogen) atoms. The summed E-state index contributed by atoms with van der Waals surface area (Å²) in [5.41, 5.74) is 0.672. The predicted octanol–water partition coefficient (Wildman–Crippen LogP) is 0.599. The molecule has 0 spiro atoms. The van der Waals surface area contributed by atoms with Gasteiger partial charge < -0.3 is 9.80 Å². The van der Waals surface area contributed by atoms with Crippen LogP contribution in [0.25, 0.3) is 0 Å². The highest BCUT2D eigenvalue weighted by Crippen LogP contribution is 2.28. The number of carbonyl (C=O) groups excluding carboxylic acids is 1. The van der Waals surface area contributed by atoms with Gasteiger partial charge in [0.05, 0.1) is 17.7 Å². The summed E-state index contributed by atoms with van der Waals surface area (Å²) in [4.78, 5) is 29.4. The largest absolute Gasteiger partial charge is 0.362 e. The molecule has 2 aliphatic rings. The molecule has 0 radical (unpaired) electrons. The van der Waals surface area contributed by atoms with E-state index in [0.29, 0.717) is 64.3 Å². The van der Waals surface area contributed by atoms with Crippen molar-refractivity contribution in [2.45, 2.75) is 18.9 Å². The van der Waals surface area contributed by atoms with Gasteiger partial charge in [-0.05, 0) is 18.9 Å². The molecule has 0 atom stereocenters. The number of likely N-dealkylation sites (tertiary alicyclic amines) is 1. The van der Waals surface area contributed by atoms with Crippen LogP contribution in [0.5, 0.6) is 0 Å². The third-order valence-corrected chi connectivity index (χ3v) is 7.35. The molecule has 0 unspecified atom stereocenters. The zero-order valence-corrected chi connectivity index (χ0v) is 18.3. The molecule has 166 valence electrons. The summed E-state index contributed by atoms with van der Waals surface area (Å²) in [6, 6.07) is 6.66. The number of nitrogens with zero attached hydrogens (tertiary/aromatic N) is 5. The number of benzene rings is 1. The smallest absolute Gasteiger partial charge is 0.292 e. The van der Waals surface area contributed by atoms with Crippen molar-refractivity contribution >= 4 is 27.3 Å². The van der Waals surface area contributed by atoms with Crippen molar-refractivity contribution in [2.24, 2.45) is 0 Å². The number of para-hydroxylation sites is 2. The second kappa shape index (κ2) is 9.27. The third kappa shape index (κ3) is 5.27. The normalized spacial score (nSPS) is 19.3. The van der Waals surface area contributed by atoms with Crippen LogP contribution < -0.4 is 4.90 Å². The first-order valence-corrected chi connectivity index (χ1v) is 11.9. The number of nitro groups is 1. The topological polar surface area (TPSA) is 107 Å². The molecule has 2 fully saturated rings. The van der Waals surface area contributed by atoms with Gasteiger partial charge in [-0.25, -0.2) is 12.7 Å². The molecule has 3 rings (SSSR count). The molecule has 1 amide bonds. The summed E-state index contributed by atoms with van der Waals surface area (Å²) >= 11 is 0. The number of hydrogen-bond acceptors (Lipinski definition) is 7. The van der Waals surface area contributed by atoms with Crippen LogP contribution in [0.3, 0.4) is 0 Å². The number of anilines is 1. The second-order valence-electron chi connectivity index (χ2n) is 7.90. The molecule has 10 nitrogen and oxygen atoms in total. The van der Waals surface area contributed by atoms with Crippen LogP contribution in [-0.2, 0) is 14.8 Å². The SMILES string of the molecule is CN(C1CCN(CC(=O)N2CCN(c3ccccc3[N+](=O)[O-])CC2)CC1)S(C)(=O)=O. The molecule has 1 aromatic carbocycles. The number of amides is 1. The van der Waals surface area contributed by atoms with Crippen LogP contribution >= 0.6 is 0 Å². The Morgan fingerprint density at radius 3 is 2.30 bits per heavy atom. The molecule has 0 aromatic heterocycles. The monoisotopic (exact) mass is 439 g/mol. The van der Waals surface area contributed by atoms with Gasteiger partial charge in [0.15, 0.2) is 0 Å². The Bertz CT molecular complexity index is 877. The van der Waals surface area contributed by atoms with E-state index in [4.69, 9.17) is 0 Å². The number of hydrogen-bond donors (Lipinski definition) is 0. The summed E-state index contributed by atoms with van der Waals surface area (Å²) in [7, 11) is -1.60. The van der Waals surface area contributed by atoms with Crippen molar-refractivity contribution in [3.63, 3.8) is 0 Å². The van der Waals surface area contributed by atoms with Gasteiger partial charge in [-0.2, -0.15) is 0 Å². The molecule has 2 heterocycles. The number of carbonyl (C=O) groups is 1. The van der Waals surface area contributed by atoms with Crippen LogP contribution in [0.15, 0.2) is 24.3 Å². The van der Waals surface area contributed by atoms with Crippen molar-refractivity contribution in [2.75, 3.05) is 64.0 Å². The molecule has 0 N–H and O–H groups in total. The fraction of sp³-hybridized carbons (Fsp3) is 0.632. The van der Waals surface area contributed by atoms with E-state index in [9.17, 15) is 23.3 Å². The second-order valence-corrected chi connectivity index (χ2v) is 9.94. The highest BCUT2D eigenvalue weighted by molar-refractivity contribution is 7.88. The summed E-state index contributed by atoms with van der Waals surface area (Å²) in [5, 5.41) is 11.3. The Labute approximate surface area is 177 Å². The van der Waals surface area contributed by atoms with E-state index in [2.05, 4.69) is 4.90 Å². The molecule has 2 aliphatic heterocycles. The van der Waals surface area contributed by atoms with Crippen LogP contribution in [0.2, 0.25) is 0 Å². The maximum absolute atomic E-state index is 12.7. The van der Waals surface area contributed by atoms with Gasteiger partial charge in [0.25, 0.3) is 5.69 Å². The van der Waals surface area contributed by atoms with Crippen molar-refractivity contribution in [3.8, 4) is 0 Å². The Morgan fingerprint density at radius 2 is 1.73 bits per heavy atom. The van der Waals surface area contributed by atoms with E-state index in [-0.39, 0.29) is 22.6 Å². The van der Waals surface area contributed by atoms with Crippen molar-refractivity contribution < 1.29 is 18.1 Å². The molecule has 0 bridgehead atoms. The van der Waals surface area contributed by atoms with Crippen LogP contribution in [0.4, 0.5) is 11.4 Å². The van der Waals surface area contributed by atoms with Gasteiger partial charge in [-0.1, -0.05) is 12.1 Å². The van der Waals surface area contributed by atoms with Gasteiger partial charge in [0.1, 0.15) is 5.69 Å². The summed E-state index contributed by atoms with van der Waals surface area (Å²) in [6.07, 6.45) is 2.64. The fourth-order valence-electron chi connectivity index (χ4n) is 4.09. The Balaban J connectivity index is 1.48. The lowest BCUT2D eigenvalue weighted by atomic mass is 10.1. The predicted molar refractivity (Wildman–Crippen MR) is 114 cm³/mol. The quantitative estimate of drug-likeness (QED) is 0.472. The molecular formula is C19H29N5O5S. The van der Waals surface area contributed by atoms with Gasteiger partial charge in [0.2, 0.25) is 15.9 Å². The Hall–Kier alpha value is -2.24. The average Bonchev–Trinajstić information content (AvgIpc) is 2.73. The number of piperidine rings is 1. The molecule has 0 saturated carbocycles. The fourth-order valence-corrected chi connectivity index (χ4v) is 4.84. The highest BCUT2D eigenvalue weighted by Gasteiger charge is 2.30. The molecule has 2 saturated heterocycles. The molecule has 0 aliphatic carbocycles. The Morgan fingerprint density at radius 1 is 1.13 bits per heavy atom. The zero-order chi connectivity index (χ0) is 21.9. The maximum Gasteiger partial charge on any atom is 0.292 e. The van der Waals surface area contributed by atoms with Crippen molar-refractivity contribution in [3.05, 3.63) is 34.4 Å². The van der Waals surface area contributed by atoms with E-state index in [0.717, 1.165) is 0 Å². The minimum absolute atomic E-state index is 0.0171. The average molecular weight is 440 g/mol. The summed E-state index contributed by atoms with van der Waals surface area (Å²) < 4.78 is 24.8. The number of piperazine rings is 1. The zero-order valence-electron chi connectivity index (χ0n) is 17.4. The highest BCUT2D eigenvalue weighted by atomic mass is 32.2. The van der Waals surface area contributed by atoms with E-state index in [1.54, 1.807) is 30.1 Å². The van der Waals surface area contributed by atoms with Crippen LogP contribution in [0, 0.1) is 10.1 Å². The summed E-state index contributed by atoms with van der Waals surface area (Å²) in [6.45, 7) is 3.85. The lowest BCUT2D eigenvalue weighted by Crippen LogP contribution is -2.53. The molecule has 1 aromatic rings. The van der Waals surface area contributed by atoms with Gasteiger partial charge in [-0.3, -0.25) is 19.8 Å². The first-order chi connectivity index (χ1) is 14.2. The van der Waals surface area contributed by atoms with E-state index >= 15 is 0 Å². The summed E-state index contributed by atoms with van der Waals surface area (Å²) in [5.74, 6) is 0.0483. The van der Waals surface area contributed by atoms with E-state index in [1.165, 1.54) is 16.6 Å². The lowest BCUT2D eigenvalue weighted by molar-refractivity contribution is -0.384. The van der Waals surface area contributed by atoms with Gasteiger partial charge in [0, 0.05) is 58.4 Å². The van der Waals surface area contributed by atoms with E-state index in [1.807, 2.05) is 4.90 Å². The number of rotatable bonds is 6. The molecular weight excluding hydrogens is 410 g/mol. The van der Waals surface area contributed by atoms with Gasteiger partial charge in [-0.15, -0.1) is 0 Å². The standard InChI is InChI=1S/C19H29N5O5S/c1-20(30(2,28)29)16-7-9-21(10-8-16)15-19(25)23-13-11-22(12-14-23)17-5-3-4-6-18(17)24(26)27/h3-6,16H,7-15H2,1-2H3. The van der Waals surface area contributed by atoms with Crippen molar-refractivity contribution in [1.82, 2.24) is 14.1 Å². The first kappa shape index (κ1) is 22.4. The number of sulfonamides is 1. The Kier molecular flexibility index (Phi) is 6.94. The number of nitro benzene ring substituents is 1. The van der Waals surface area contributed by atoms with Gasteiger partial charge >= 0.3 is 0 Å². The minimum atomic E-state index is -3.20. The van der Waals surface area contributed by atoms with Crippen LogP contribution in [-0.4, -0.2) is 98.5 Å². The minimum Gasteiger partial charge on any atom is -0.362 e.